The highest BCUT2D eigenvalue weighted by Gasteiger charge is 2.20. The number of thiophene rings is 1. The van der Waals surface area contributed by atoms with Crippen molar-refractivity contribution in [3.63, 3.8) is 0 Å². The van der Waals surface area contributed by atoms with Crippen molar-refractivity contribution in [2.45, 2.75) is 6.92 Å². The maximum atomic E-state index is 12.3. The number of carbonyl (C=O) groups excluding carboxylic acids is 1. The summed E-state index contributed by atoms with van der Waals surface area (Å²) in [5.74, 6) is 0.357. The Hall–Kier alpha value is -2.84. The molecule has 0 amide bonds. The first-order chi connectivity index (χ1) is 11.2. The third-order valence-corrected chi connectivity index (χ3v) is 4.41. The molecule has 5 heteroatoms. The molecule has 0 spiro atoms. The molecule has 0 bridgehead atoms. The van der Waals surface area contributed by atoms with E-state index in [-0.39, 0.29) is 5.97 Å². The summed E-state index contributed by atoms with van der Waals surface area (Å²) in [6, 6.07) is 14.8. The summed E-state index contributed by atoms with van der Waals surface area (Å²) in [5.41, 5.74) is 2.22. The molecule has 0 aliphatic heterocycles. The number of carbonyl (C=O) groups is 1. The summed E-state index contributed by atoms with van der Waals surface area (Å²) < 4.78 is 10.6. The van der Waals surface area contributed by atoms with E-state index in [9.17, 15) is 4.79 Å². The average Bonchev–Trinajstić information content (AvgIpc) is 3.24. The van der Waals surface area contributed by atoms with Crippen LogP contribution in [-0.2, 0) is 4.74 Å². The summed E-state index contributed by atoms with van der Waals surface area (Å²) >= 11 is 1.34. The van der Waals surface area contributed by atoms with Gasteiger partial charge in [0.25, 0.3) is 0 Å². The van der Waals surface area contributed by atoms with Crippen molar-refractivity contribution in [1.82, 2.24) is 0 Å². The predicted octanol–water partition coefficient (Wildman–Crippen LogP) is 4.72. The third kappa shape index (κ3) is 3.03. The summed E-state index contributed by atoms with van der Waals surface area (Å²) in [7, 11) is 0. The van der Waals surface area contributed by atoms with Crippen molar-refractivity contribution in [1.29, 1.82) is 5.26 Å². The lowest BCUT2D eigenvalue weighted by Crippen LogP contribution is -2.03. The minimum Gasteiger partial charge on any atom is -0.464 e. The largest absolute Gasteiger partial charge is 0.464 e. The van der Waals surface area contributed by atoms with Crippen LogP contribution in [0.15, 0.2) is 53.1 Å². The number of ether oxygens (including phenoxy) is 1. The molecule has 2 aromatic heterocycles. The second-order valence-electron chi connectivity index (χ2n) is 4.74. The van der Waals surface area contributed by atoms with E-state index in [0.29, 0.717) is 22.8 Å². The van der Waals surface area contributed by atoms with Gasteiger partial charge in [0, 0.05) is 5.56 Å². The van der Waals surface area contributed by atoms with Crippen LogP contribution in [0.5, 0.6) is 0 Å². The lowest BCUT2D eigenvalue weighted by Gasteiger charge is -2.03. The Morgan fingerprint density at radius 1 is 1.30 bits per heavy atom. The lowest BCUT2D eigenvalue weighted by molar-refractivity contribution is 0.0533. The number of rotatable bonds is 4. The monoisotopic (exact) mass is 323 g/mol. The Morgan fingerprint density at radius 2 is 2.09 bits per heavy atom. The van der Waals surface area contributed by atoms with Crippen LogP contribution in [0.4, 0.5) is 0 Å². The molecule has 1 aromatic carbocycles. The molecular formula is C18H13NO3S. The minimum absolute atomic E-state index is 0.319. The SMILES string of the molecule is CCOC(=O)c1sc(-c2ccco2)cc1-c1ccc(C#N)cc1. The number of furan rings is 1. The van der Waals surface area contributed by atoms with Crippen molar-refractivity contribution >= 4 is 17.3 Å². The van der Waals surface area contributed by atoms with Crippen LogP contribution in [0.3, 0.4) is 0 Å². The van der Waals surface area contributed by atoms with E-state index in [1.54, 1.807) is 31.4 Å². The number of hydrogen-bond acceptors (Lipinski definition) is 5. The molecule has 0 fully saturated rings. The highest BCUT2D eigenvalue weighted by Crippen LogP contribution is 2.38. The van der Waals surface area contributed by atoms with Crippen LogP contribution < -0.4 is 0 Å². The van der Waals surface area contributed by atoms with Crippen LogP contribution in [0, 0.1) is 11.3 Å². The molecule has 2 heterocycles. The smallest absolute Gasteiger partial charge is 0.348 e. The van der Waals surface area contributed by atoms with Crippen LogP contribution in [-0.4, -0.2) is 12.6 Å². The average molecular weight is 323 g/mol. The van der Waals surface area contributed by atoms with Gasteiger partial charge in [0.1, 0.15) is 10.6 Å². The van der Waals surface area contributed by atoms with Gasteiger partial charge in [0.15, 0.2) is 0 Å². The Balaban J connectivity index is 2.09. The first-order valence-corrected chi connectivity index (χ1v) is 7.90. The molecule has 0 unspecified atom stereocenters. The fraction of sp³-hybridized carbons (Fsp3) is 0.111. The Bertz CT molecular complexity index is 855. The summed E-state index contributed by atoms with van der Waals surface area (Å²) in [4.78, 5) is 13.6. The Morgan fingerprint density at radius 3 is 2.70 bits per heavy atom. The van der Waals surface area contributed by atoms with E-state index < -0.39 is 0 Å². The van der Waals surface area contributed by atoms with E-state index in [1.165, 1.54) is 11.3 Å². The Labute approximate surface area is 137 Å². The van der Waals surface area contributed by atoms with E-state index in [1.807, 2.05) is 24.3 Å². The number of nitriles is 1. The van der Waals surface area contributed by atoms with Crippen LogP contribution in [0.1, 0.15) is 22.2 Å². The highest BCUT2D eigenvalue weighted by molar-refractivity contribution is 7.17. The van der Waals surface area contributed by atoms with Crippen molar-refractivity contribution in [2.24, 2.45) is 0 Å². The van der Waals surface area contributed by atoms with Crippen molar-refractivity contribution in [3.8, 4) is 27.8 Å². The molecule has 0 saturated carbocycles. The molecule has 0 aliphatic rings. The third-order valence-electron chi connectivity index (χ3n) is 3.28. The Kier molecular flexibility index (Phi) is 4.26. The van der Waals surface area contributed by atoms with E-state index in [2.05, 4.69) is 6.07 Å². The van der Waals surface area contributed by atoms with Crippen LogP contribution >= 0.6 is 11.3 Å². The molecule has 0 N–H and O–H groups in total. The van der Waals surface area contributed by atoms with Gasteiger partial charge in [-0.2, -0.15) is 5.26 Å². The molecular weight excluding hydrogens is 310 g/mol. The first-order valence-electron chi connectivity index (χ1n) is 7.08. The molecule has 23 heavy (non-hydrogen) atoms. The molecule has 114 valence electrons. The summed E-state index contributed by atoms with van der Waals surface area (Å²) in [6.07, 6.45) is 1.60. The van der Waals surface area contributed by atoms with Gasteiger partial charge in [-0.1, -0.05) is 12.1 Å². The van der Waals surface area contributed by atoms with Crippen LogP contribution in [0.2, 0.25) is 0 Å². The molecule has 0 aliphatic carbocycles. The highest BCUT2D eigenvalue weighted by atomic mass is 32.1. The topological polar surface area (TPSA) is 63.2 Å². The molecule has 0 radical (unpaired) electrons. The van der Waals surface area contributed by atoms with Gasteiger partial charge >= 0.3 is 5.97 Å². The molecule has 4 nitrogen and oxygen atoms in total. The molecule has 0 saturated heterocycles. The zero-order valence-electron chi connectivity index (χ0n) is 12.4. The van der Waals surface area contributed by atoms with Gasteiger partial charge in [-0.3, -0.25) is 0 Å². The first kappa shape index (κ1) is 15.1. The van der Waals surface area contributed by atoms with E-state index in [0.717, 1.165) is 16.0 Å². The quantitative estimate of drug-likeness (QED) is 0.651. The van der Waals surface area contributed by atoms with E-state index in [4.69, 9.17) is 14.4 Å². The fourth-order valence-corrected chi connectivity index (χ4v) is 3.26. The van der Waals surface area contributed by atoms with Gasteiger partial charge in [-0.05, 0) is 42.8 Å². The summed E-state index contributed by atoms with van der Waals surface area (Å²) in [5, 5.41) is 8.91. The van der Waals surface area contributed by atoms with Gasteiger partial charge in [-0.25, -0.2) is 4.79 Å². The minimum atomic E-state index is -0.352. The predicted molar refractivity (Wildman–Crippen MR) is 88.1 cm³/mol. The second-order valence-corrected chi connectivity index (χ2v) is 5.79. The van der Waals surface area contributed by atoms with E-state index >= 15 is 0 Å². The number of nitrogens with zero attached hydrogens (tertiary/aromatic N) is 1. The van der Waals surface area contributed by atoms with Crippen LogP contribution in [0.25, 0.3) is 21.8 Å². The van der Waals surface area contributed by atoms with Crippen molar-refractivity contribution in [3.05, 3.63) is 59.2 Å². The maximum absolute atomic E-state index is 12.3. The normalized spacial score (nSPS) is 10.3. The van der Waals surface area contributed by atoms with Crippen molar-refractivity contribution in [2.75, 3.05) is 6.61 Å². The number of esters is 1. The number of benzene rings is 1. The molecule has 3 aromatic rings. The fourth-order valence-electron chi connectivity index (χ4n) is 2.22. The van der Waals surface area contributed by atoms with Gasteiger partial charge in [0.2, 0.25) is 0 Å². The molecule has 0 atom stereocenters. The number of hydrogen-bond donors (Lipinski definition) is 0. The lowest BCUT2D eigenvalue weighted by atomic mass is 10.0. The van der Waals surface area contributed by atoms with Gasteiger partial charge in [-0.15, -0.1) is 11.3 Å². The van der Waals surface area contributed by atoms with Crippen molar-refractivity contribution < 1.29 is 13.9 Å². The standard InChI is InChI=1S/C18H13NO3S/c1-2-21-18(20)17-14(13-7-5-12(11-19)6-8-13)10-16(23-17)15-4-3-9-22-15/h3-10H,2H2,1H3. The van der Waals surface area contributed by atoms with Gasteiger partial charge < -0.3 is 9.15 Å². The second kappa shape index (κ2) is 6.51. The molecule has 3 rings (SSSR count). The summed E-state index contributed by atoms with van der Waals surface area (Å²) in [6.45, 7) is 2.10. The van der Waals surface area contributed by atoms with Gasteiger partial charge in [0.05, 0.1) is 29.4 Å². The maximum Gasteiger partial charge on any atom is 0.348 e. The zero-order chi connectivity index (χ0) is 16.2. The zero-order valence-corrected chi connectivity index (χ0v) is 13.2.